The number of amides is 2. The van der Waals surface area contributed by atoms with Crippen molar-refractivity contribution >= 4 is 29.1 Å². The molecule has 0 bridgehead atoms. The molecule has 2 aliphatic rings. The Morgan fingerprint density at radius 3 is 2.61 bits per heavy atom. The molecule has 1 saturated heterocycles. The van der Waals surface area contributed by atoms with Crippen molar-refractivity contribution in [2.75, 3.05) is 33.1 Å². The largest absolute Gasteiger partial charge is 0.496 e. The van der Waals surface area contributed by atoms with E-state index in [4.69, 9.17) is 16.3 Å². The minimum Gasteiger partial charge on any atom is -0.496 e. The predicted octanol–water partition coefficient (Wildman–Crippen LogP) is 1.04. The quantitative estimate of drug-likeness (QED) is 0.650. The predicted molar refractivity (Wildman–Crippen MR) is 115 cm³/mol. The van der Waals surface area contributed by atoms with Crippen LogP contribution in [-0.2, 0) is 15.1 Å². The van der Waals surface area contributed by atoms with Gasteiger partial charge in [0.25, 0.3) is 5.91 Å². The Balaban J connectivity index is 2.05. The summed E-state index contributed by atoms with van der Waals surface area (Å²) in [5, 5.41) is 24.6. The summed E-state index contributed by atoms with van der Waals surface area (Å²) in [5.74, 6) is -0.425. The number of aliphatic hydroxyl groups excluding tert-OH is 2. The number of fused-ring (bicyclic) bond motifs is 1. The molecule has 2 amide bonds. The Hall–Kier alpha value is -2.65. The Morgan fingerprint density at radius 1 is 1.23 bits per heavy atom. The smallest absolute Gasteiger partial charge is 0.254 e. The van der Waals surface area contributed by atoms with Crippen molar-refractivity contribution in [2.45, 2.75) is 23.8 Å². The van der Waals surface area contributed by atoms with E-state index in [-0.39, 0.29) is 6.54 Å². The molecule has 3 N–H and O–H groups in total. The van der Waals surface area contributed by atoms with Gasteiger partial charge >= 0.3 is 0 Å². The lowest BCUT2D eigenvalue weighted by molar-refractivity contribution is -0.141. The molecule has 2 aromatic carbocycles. The highest BCUT2D eigenvalue weighted by Gasteiger charge is 2.61. The van der Waals surface area contributed by atoms with Crippen molar-refractivity contribution in [1.29, 1.82) is 0 Å². The normalized spacial score (nSPS) is 27.7. The number of anilines is 1. The van der Waals surface area contributed by atoms with Gasteiger partial charge in [0.1, 0.15) is 17.9 Å². The fraction of sp³-hybridized carbons (Fsp3) is 0.364. The van der Waals surface area contributed by atoms with Gasteiger partial charge in [0.05, 0.1) is 13.2 Å². The maximum atomic E-state index is 13.7. The summed E-state index contributed by atoms with van der Waals surface area (Å²) >= 11 is 6.31. The number of carbonyl (C=O) groups excluding carboxylic acids is 2. The van der Waals surface area contributed by atoms with E-state index in [9.17, 15) is 19.8 Å². The minimum atomic E-state index is -1.55. The van der Waals surface area contributed by atoms with Crippen LogP contribution in [0.3, 0.4) is 0 Å². The van der Waals surface area contributed by atoms with E-state index in [1.807, 2.05) is 0 Å². The fourth-order valence-electron chi connectivity index (χ4n) is 4.62. The monoisotopic (exact) mass is 445 g/mol. The van der Waals surface area contributed by atoms with Gasteiger partial charge in [-0.05, 0) is 24.3 Å². The van der Waals surface area contributed by atoms with Crippen molar-refractivity contribution in [3.05, 3.63) is 58.6 Å². The van der Waals surface area contributed by atoms with E-state index in [0.29, 0.717) is 27.6 Å². The lowest BCUT2D eigenvalue weighted by Crippen LogP contribution is -2.59. The Bertz CT molecular complexity index is 1050. The molecule has 2 aromatic rings. The van der Waals surface area contributed by atoms with Gasteiger partial charge in [0.2, 0.25) is 5.91 Å². The number of methoxy groups -OCH3 is 1. The summed E-state index contributed by atoms with van der Waals surface area (Å²) in [4.78, 5) is 29.7. The van der Waals surface area contributed by atoms with Crippen LogP contribution in [0.15, 0.2) is 42.5 Å². The van der Waals surface area contributed by atoms with E-state index >= 15 is 0 Å². The molecule has 1 fully saturated rings. The maximum absolute atomic E-state index is 13.7. The van der Waals surface area contributed by atoms with Crippen LogP contribution in [0.1, 0.15) is 11.1 Å². The number of likely N-dealkylation sites (tertiary alicyclic amines) is 1. The lowest BCUT2D eigenvalue weighted by atomic mass is 9.80. The number of benzene rings is 2. The first kappa shape index (κ1) is 21.6. The number of β-amino-alcohol motifs (C(OH)–C–C–N with tert-alkyl or cyclic N) is 1. The molecule has 2 aliphatic heterocycles. The van der Waals surface area contributed by atoms with Crippen molar-refractivity contribution in [3.8, 4) is 5.75 Å². The average Bonchev–Trinajstić information content (AvgIpc) is 3.20. The van der Waals surface area contributed by atoms with Crippen molar-refractivity contribution in [3.63, 3.8) is 0 Å². The summed E-state index contributed by atoms with van der Waals surface area (Å²) < 4.78 is 5.57. The van der Waals surface area contributed by atoms with Gasteiger partial charge in [-0.2, -0.15) is 0 Å². The van der Waals surface area contributed by atoms with Crippen LogP contribution >= 0.6 is 11.6 Å². The topological polar surface area (TPSA) is 102 Å². The molecule has 4 rings (SSSR count). The summed E-state index contributed by atoms with van der Waals surface area (Å²) in [6.45, 7) is -0.108. The van der Waals surface area contributed by atoms with Crippen LogP contribution in [0, 0.1) is 0 Å². The molecule has 4 atom stereocenters. The molecule has 2 heterocycles. The van der Waals surface area contributed by atoms with E-state index in [2.05, 4.69) is 5.32 Å². The fourth-order valence-corrected chi connectivity index (χ4v) is 4.79. The summed E-state index contributed by atoms with van der Waals surface area (Å²) in [5.41, 5.74) is -0.0183. The number of ether oxygens (including phenoxy) is 1. The minimum absolute atomic E-state index is 0.108. The van der Waals surface area contributed by atoms with Crippen molar-refractivity contribution < 1.29 is 24.5 Å². The van der Waals surface area contributed by atoms with Crippen LogP contribution in [-0.4, -0.2) is 77.8 Å². The average molecular weight is 446 g/mol. The second kappa shape index (κ2) is 7.80. The molecule has 0 spiro atoms. The third-order valence-electron chi connectivity index (χ3n) is 6.01. The number of rotatable bonds is 4. The number of hydrogen-bond donors (Lipinski definition) is 3. The van der Waals surface area contributed by atoms with E-state index in [0.717, 1.165) is 0 Å². The van der Waals surface area contributed by atoms with Gasteiger partial charge in [0, 0.05) is 42.5 Å². The highest BCUT2D eigenvalue weighted by Crippen LogP contribution is 2.51. The molecule has 9 heteroatoms. The zero-order valence-corrected chi connectivity index (χ0v) is 18.1. The molecular formula is C22H24ClN3O5. The zero-order valence-electron chi connectivity index (χ0n) is 17.4. The second-order valence-electron chi connectivity index (χ2n) is 7.94. The Kier molecular flexibility index (Phi) is 5.43. The number of halogens is 1. The van der Waals surface area contributed by atoms with Crippen LogP contribution < -0.4 is 10.1 Å². The number of nitrogens with zero attached hydrogens (tertiary/aromatic N) is 2. The number of nitrogens with one attached hydrogen (secondary N) is 1. The molecule has 0 saturated carbocycles. The lowest BCUT2D eigenvalue weighted by Gasteiger charge is -2.41. The SMILES string of the molecule is COc1ccccc1C1(N2CC(O)C(O)[C@H]2C(=O)N(C)C)C(=O)Nc2ccc(Cl)cc21. The van der Waals surface area contributed by atoms with Crippen LogP contribution in [0.4, 0.5) is 5.69 Å². The number of hydrogen-bond acceptors (Lipinski definition) is 6. The summed E-state index contributed by atoms with van der Waals surface area (Å²) in [6.07, 6.45) is -2.60. The Morgan fingerprint density at radius 2 is 1.94 bits per heavy atom. The van der Waals surface area contributed by atoms with Crippen molar-refractivity contribution in [2.24, 2.45) is 0 Å². The highest BCUT2D eigenvalue weighted by molar-refractivity contribution is 6.31. The van der Waals surface area contributed by atoms with Crippen LogP contribution in [0.25, 0.3) is 0 Å². The second-order valence-corrected chi connectivity index (χ2v) is 8.38. The van der Waals surface area contributed by atoms with E-state index in [1.165, 1.54) is 12.0 Å². The molecular weight excluding hydrogens is 422 g/mol. The Labute approximate surface area is 185 Å². The van der Waals surface area contributed by atoms with Crippen LogP contribution in [0.5, 0.6) is 5.75 Å². The van der Waals surface area contributed by atoms with Gasteiger partial charge in [0.15, 0.2) is 5.54 Å². The summed E-state index contributed by atoms with van der Waals surface area (Å²) in [6, 6.07) is 10.9. The molecule has 0 radical (unpaired) electrons. The van der Waals surface area contributed by atoms with E-state index < -0.39 is 35.6 Å². The molecule has 0 aliphatic carbocycles. The first-order valence-corrected chi connectivity index (χ1v) is 10.2. The van der Waals surface area contributed by atoms with Crippen molar-refractivity contribution in [1.82, 2.24) is 9.80 Å². The molecule has 8 nitrogen and oxygen atoms in total. The van der Waals surface area contributed by atoms with Gasteiger partial charge in [-0.25, -0.2) is 0 Å². The number of likely N-dealkylation sites (N-methyl/N-ethyl adjacent to an activating group) is 1. The first-order valence-electron chi connectivity index (χ1n) is 9.82. The van der Waals surface area contributed by atoms with Gasteiger partial charge in [-0.15, -0.1) is 0 Å². The van der Waals surface area contributed by atoms with Crippen LogP contribution in [0.2, 0.25) is 5.02 Å². The van der Waals surface area contributed by atoms with E-state index in [1.54, 1.807) is 61.5 Å². The number of para-hydroxylation sites is 1. The molecule has 0 aromatic heterocycles. The number of aliphatic hydroxyl groups is 2. The standard InChI is InChI=1S/C22H24ClN3O5/c1-25(2)20(29)18-19(28)16(27)11-26(18)22(13-6-4-5-7-17(13)31-3)14-10-12(23)8-9-15(14)24-21(22)30/h4-10,16,18-19,27-28H,11H2,1-3H3,(H,24,30)/t16?,18-,19?,22?/m0/s1. The number of carbonyl (C=O) groups is 2. The maximum Gasteiger partial charge on any atom is 0.254 e. The highest BCUT2D eigenvalue weighted by atomic mass is 35.5. The summed E-state index contributed by atoms with van der Waals surface area (Å²) in [7, 11) is 4.62. The third kappa shape index (κ3) is 3.10. The molecule has 164 valence electrons. The first-order chi connectivity index (χ1) is 14.7. The van der Waals surface area contributed by atoms with Gasteiger partial charge < -0.3 is 25.2 Å². The zero-order chi connectivity index (χ0) is 22.5. The molecule has 31 heavy (non-hydrogen) atoms. The molecule has 3 unspecified atom stereocenters. The van der Waals surface area contributed by atoms with Gasteiger partial charge in [-0.1, -0.05) is 29.8 Å². The third-order valence-corrected chi connectivity index (χ3v) is 6.24. The van der Waals surface area contributed by atoms with Gasteiger partial charge in [-0.3, -0.25) is 14.5 Å².